The molecule has 5 heteroatoms. The number of aliphatic hydroxyl groups is 1. The normalized spacial score (nSPS) is 13.7. The number of hydrogen-bond donors (Lipinski definition) is 1. The number of allylic oxidation sites excluding steroid dienone is 2. The predicted molar refractivity (Wildman–Crippen MR) is 206 cm³/mol. The van der Waals surface area contributed by atoms with E-state index in [1.54, 1.807) is 0 Å². The van der Waals surface area contributed by atoms with Gasteiger partial charge in [0, 0.05) is 66.2 Å². The van der Waals surface area contributed by atoms with Gasteiger partial charge in [0.25, 0.3) is 0 Å². The van der Waals surface area contributed by atoms with Gasteiger partial charge in [0.05, 0.1) is 5.76 Å². The van der Waals surface area contributed by atoms with E-state index in [9.17, 15) is 9.90 Å². The maximum atomic E-state index is 11.7. The van der Waals surface area contributed by atoms with Gasteiger partial charge >= 0.3 is 0 Å². The Morgan fingerprint density at radius 3 is 2.06 bits per heavy atom. The molecule has 0 unspecified atom stereocenters. The number of aliphatic hydroxyl groups excluding tert-OH is 1. The fraction of sp³-hybridized carbons (Fsp3) is 0.467. The second-order valence-electron chi connectivity index (χ2n) is 15.4. The molecule has 1 radical (unpaired) electrons. The molecule has 0 bridgehead atoms. The maximum Gasteiger partial charge on any atom is 0.162 e. The van der Waals surface area contributed by atoms with E-state index < -0.39 is 0 Å². The van der Waals surface area contributed by atoms with E-state index in [-0.39, 0.29) is 48.9 Å². The minimum Gasteiger partial charge on any atom is -0.512 e. The molecular weight excluding hydrogens is 795 g/mol. The SMILES string of the molecule is CC(C)Cc1ccc2c3c1oc1c(CC(C)C)cnc(c13)-c1[c-]c3ccccc3cc1C2(C)C.CCC(CC)C(=O)/C=C(\O)C(CC)CC.[Ir]. The van der Waals surface area contributed by atoms with E-state index in [0.717, 1.165) is 66.3 Å². The van der Waals surface area contributed by atoms with Crippen LogP contribution in [-0.4, -0.2) is 15.9 Å². The average molecular weight is 851 g/mol. The van der Waals surface area contributed by atoms with Crippen LogP contribution in [0.2, 0.25) is 0 Å². The van der Waals surface area contributed by atoms with Crippen molar-refractivity contribution in [1.29, 1.82) is 0 Å². The van der Waals surface area contributed by atoms with Gasteiger partial charge in [-0.15, -0.1) is 23.6 Å². The minimum atomic E-state index is -0.208. The predicted octanol–water partition coefficient (Wildman–Crippen LogP) is 12.5. The summed E-state index contributed by atoms with van der Waals surface area (Å²) in [6, 6.07) is 19.3. The van der Waals surface area contributed by atoms with Crippen molar-refractivity contribution in [2.24, 2.45) is 23.7 Å². The van der Waals surface area contributed by atoms with Gasteiger partial charge in [0.2, 0.25) is 0 Å². The van der Waals surface area contributed by atoms with Crippen molar-refractivity contribution in [3.05, 3.63) is 88.8 Å². The Morgan fingerprint density at radius 1 is 0.840 bits per heavy atom. The number of fused-ring (bicyclic) bond motifs is 3. The van der Waals surface area contributed by atoms with Gasteiger partial charge in [0.15, 0.2) is 5.78 Å². The number of carbonyl (C=O) groups excluding carboxylic acids is 1. The molecule has 0 amide bonds. The number of nitrogens with zero attached hydrogens (tertiary/aromatic N) is 1. The maximum absolute atomic E-state index is 11.7. The number of ketones is 1. The Balaban J connectivity index is 0.000000301. The van der Waals surface area contributed by atoms with Crippen LogP contribution in [0, 0.1) is 29.7 Å². The summed E-state index contributed by atoms with van der Waals surface area (Å²) in [7, 11) is 0. The first kappa shape index (κ1) is 39.5. The van der Waals surface area contributed by atoms with E-state index in [1.807, 2.05) is 33.9 Å². The van der Waals surface area contributed by atoms with Gasteiger partial charge < -0.3 is 9.52 Å². The summed E-state index contributed by atoms with van der Waals surface area (Å²) in [6.07, 6.45) is 8.91. The van der Waals surface area contributed by atoms with Crippen molar-refractivity contribution >= 4 is 38.5 Å². The van der Waals surface area contributed by atoms with Crippen LogP contribution < -0.4 is 0 Å². The molecule has 0 saturated heterocycles. The number of furan rings is 1. The zero-order chi connectivity index (χ0) is 35.6. The van der Waals surface area contributed by atoms with Gasteiger partial charge in [-0.25, -0.2) is 0 Å². The molecule has 5 aromatic rings. The zero-order valence-electron chi connectivity index (χ0n) is 31.8. The summed E-state index contributed by atoms with van der Waals surface area (Å²) in [5.74, 6) is 1.64. The van der Waals surface area contributed by atoms with Crippen LogP contribution in [0.3, 0.4) is 0 Å². The van der Waals surface area contributed by atoms with Crippen LogP contribution in [0.25, 0.3) is 44.0 Å². The smallest absolute Gasteiger partial charge is 0.162 e. The molecule has 0 aliphatic heterocycles. The molecule has 6 rings (SSSR count). The number of hydrogen-bond acceptors (Lipinski definition) is 4. The summed E-state index contributed by atoms with van der Waals surface area (Å²) >= 11 is 0. The molecule has 0 spiro atoms. The zero-order valence-corrected chi connectivity index (χ0v) is 34.2. The molecule has 269 valence electrons. The van der Waals surface area contributed by atoms with E-state index in [0.29, 0.717) is 11.8 Å². The molecule has 2 aromatic heterocycles. The number of carbonyl (C=O) groups is 1. The standard InChI is InChI=1S/C32H32NO.C13H24O2.Ir/c1-18(2)13-22-11-12-25-27-28-29(33-17-23(14-19(3)4)31(28)34-30(22)27)24-15-20-9-7-8-10-21(20)16-26(24)32(25,5)6;1-5-10(6-2)12(14)9-13(15)11(7-3)8-4;/h7-12,16-19H,13-14H2,1-6H3;9-11,14H,5-8H2,1-4H3;/q-1;;/b;12-9-;. The van der Waals surface area contributed by atoms with Gasteiger partial charge in [-0.05, 0) is 66.9 Å². The first-order valence-corrected chi connectivity index (χ1v) is 18.6. The van der Waals surface area contributed by atoms with Crippen LogP contribution in [0.1, 0.15) is 117 Å². The van der Waals surface area contributed by atoms with Crippen LogP contribution in [0.5, 0.6) is 0 Å². The van der Waals surface area contributed by atoms with Crippen molar-refractivity contribution < 1.29 is 34.4 Å². The topological polar surface area (TPSA) is 63.3 Å². The third-order valence-corrected chi connectivity index (χ3v) is 10.5. The Hall–Kier alpha value is -3.27. The second kappa shape index (κ2) is 16.4. The summed E-state index contributed by atoms with van der Waals surface area (Å²) in [5, 5.41) is 14.5. The van der Waals surface area contributed by atoms with Gasteiger partial charge in [-0.2, -0.15) is 0 Å². The molecule has 0 saturated carbocycles. The van der Waals surface area contributed by atoms with Crippen molar-refractivity contribution in [1.82, 2.24) is 4.98 Å². The average Bonchev–Trinajstić information content (AvgIpc) is 3.44. The van der Waals surface area contributed by atoms with E-state index in [1.165, 1.54) is 44.5 Å². The molecule has 2 heterocycles. The van der Waals surface area contributed by atoms with Crippen molar-refractivity contribution in [3.8, 4) is 11.3 Å². The molecule has 1 aliphatic carbocycles. The monoisotopic (exact) mass is 851 g/mol. The first-order chi connectivity index (χ1) is 23.4. The fourth-order valence-electron chi connectivity index (χ4n) is 7.64. The molecule has 3 aromatic carbocycles. The van der Waals surface area contributed by atoms with Crippen molar-refractivity contribution in [2.75, 3.05) is 0 Å². The quantitative estimate of drug-likeness (QED) is 0.0817. The Kier molecular flexibility index (Phi) is 12.9. The number of benzene rings is 3. The molecule has 50 heavy (non-hydrogen) atoms. The van der Waals surface area contributed by atoms with Crippen LogP contribution in [0.15, 0.2) is 64.9 Å². The molecule has 1 N–H and O–H groups in total. The second-order valence-corrected chi connectivity index (χ2v) is 15.4. The van der Waals surface area contributed by atoms with Gasteiger partial charge in [0.1, 0.15) is 11.2 Å². The number of pyridine rings is 1. The third-order valence-electron chi connectivity index (χ3n) is 10.5. The molecule has 0 fully saturated rings. The fourth-order valence-corrected chi connectivity index (χ4v) is 7.64. The summed E-state index contributed by atoms with van der Waals surface area (Å²) in [5.41, 5.74) is 9.06. The van der Waals surface area contributed by atoms with E-state index in [4.69, 9.17) is 9.40 Å². The van der Waals surface area contributed by atoms with E-state index >= 15 is 0 Å². The number of aromatic nitrogens is 1. The molecule has 1 aliphatic rings. The molecule has 0 atom stereocenters. The third kappa shape index (κ3) is 7.65. The van der Waals surface area contributed by atoms with Crippen molar-refractivity contribution in [3.63, 3.8) is 0 Å². The van der Waals surface area contributed by atoms with Gasteiger partial charge in [-0.3, -0.25) is 9.78 Å². The first-order valence-electron chi connectivity index (χ1n) is 18.6. The Morgan fingerprint density at radius 2 is 1.44 bits per heavy atom. The Labute approximate surface area is 313 Å². The molecule has 4 nitrogen and oxygen atoms in total. The summed E-state index contributed by atoms with van der Waals surface area (Å²) in [6.45, 7) is 21.8. The van der Waals surface area contributed by atoms with Crippen LogP contribution >= 0.6 is 0 Å². The molecular formula is C45H56IrNO3-. The van der Waals surface area contributed by atoms with Crippen LogP contribution in [0.4, 0.5) is 0 Å². The Bertz CT molecular complexity index is 1990. The minimum absolute atomic E-state index is 0. The largest absolute Gasteiger partial charge is 0.512 e. The van der Waals surface area contributed by atoms with Gasteiger partial charge in [-0.1, -0.05) is 116 Å². The van der Waals surface area contributed by atoms with Crippen molar-refractivity contribution in [2.45, 2.75) is 113 Å². The summed E-state index contributed by atoms with van der Waals surface area (Å²) < 4.78 is 6.82. The van der Waals surface area contributed by atoms with E-state index in [2.05, 4.69) is 90.1 Å². The summed E-state index contributed by atoms with van der Waals surface area (Å²) in [4.78, 5) is 16.8. The van der Waals surface area contributed by atoms with Crippen LogP contribution in [-0.2, 0) is 43.2 Å². The number of rotatable bonds is 11.